The minimum Gasteiger partial charge on any atom is -0.385 e. The van der Waals surface area contributed by atoms with Crippen LogP contribution >= 0.6 is 0 Å². The SMILES string of the molecule is O=C1CC[C@H](/C=C/c2ccc(C3(O)CCC3)c(=O)[nH]2)N1. The van der Waals surface area contributed by atoms with Gasteiger partial charge in [0.2, 0.25) is 5.91 Å². The van der Waals surface area contributed by atoms with E-state index < -0.39 is 5.60 Å². The van der Waals surface area contributed by atoms with E-state index in [1.165, 1.54) is 0 Å². The van der Waals surface area contributed by atoms with Crippen LogP contribution in [-0.4, -0.2) is 22.0 Å². The third kappa shape index (κ3) is 2.41. The molecule has 1 saturated heterocycles. The molecule has 1 aliphatic heterocycles. The lowest BCUT2D eigenvalue weighted by Crippen LogP contribution is -2.38. The first kappa shape index (κ1) is 13.1. The third-order valence-electron chi connectivity index (χ3n) is 4.15. The van der Waals surface area contributed by atoms with Gasteiger partial charge in [-0.25, -0.2) is 0 Å². The number of aromatic nitrogens is 1. The Hall–Kier alpha value is -1.88. The van der Waals surface area contributed by atoms with Crippen molar-refractivity contribution >= 4 is 12.0 Å². The highest BCUT2D eigenvalue weighted by molar-refractivity contribution is 5.79. The fourth-order valence-electron chi connectivity index (χ4n) is 2.74. The average Bonchev–Trinajstić information content (AvgIpc) is 2.80. The zero-order valence-corrected chi connectivity index (χ0v) is 11.2. The van der Waals surface area contributed by atoms with Gasteiger partial charge in [0.25, 0.3) is 5.56 Å². The fourth-order valence-corrected chi connectivity index (χ4v) is 2.74. The summed E-state index contributed by atoms with van der Waals surface area (Å²) in [5.41, 5.74) is -0.0300. The highest BCUT2D eigenvalue weighted by Crippen LogP contribution is 2.39. The molecule has 1 amide bonds. The molecule has 0 unspecified atom stereocenters. The Bertz CT molecular complexity index is 614. The van der Waals surface area contributed by atoms with E-state index in [2.05, 4.69) is 10.3 Å². The molecule has 20 heavy (non-hydrogen) atoms. The topological polar surface area (TPSA) is 82.2 Å². The average molecular weight is 274 g/mol. The maximum atomic E-state index is 12.0. The van der Waals surface area contributed by atoms with Crippen molar-refractivity contribution in [2.75, 3.05) is 0 Å². The van der Waals surface area contributed by atoms with Crippen molar-refractivity contribution in [3.8, 4) is 0 Å². The Morgan fingerprint density at radius 1 is 1.30 bits per heavy atom. The summed E-state index contributed by atoms with van der Waals surface area (Å²) >= 11 is 0. The number of H-pyrrole nitrogens is 1. The number of carbonyl (C=O) groups is 1. The maximum absolute atomic E-state index is 12.0. The Morgan fingerprint density at radius 3 is 2.65 bits per heavy atom. The van der Waals surface area contributed by atoms with Gasteiger partial charge in [-0.05, 0) is 43.9 Å². The van der Waals surface area contributed by atoms with Gasteiger partial charge >= 0.3 is 0 Å². The van der Waals surface area contributed by atoms with E-state index in [0.29, 0.717) is 30.5 Å². The number of rotatable bonds is 3. The summed E-state index contributed by atoms with van der Waals surface area (Å²) in [4.78, 5) is 25.9. The summed E-state index contributed by atoms with van der Waals surface area (Å²) < 4.78 is 0. The van der Waals surface area contributed by atoms with Gasteiger partial charge in [0.15, 0.2) is 0 Å². The highest BCUT2D eigenvalue weighted by Gasteiger charge is 2.38. The van der Waals surface area contributed by atoms with Crippen LogP contribution in [0.2, 0.25) is 0 Å². The predicted molar refractivity (Wildman–Crippen MR) is 75.0 cm³/mol. The molecule has 2 fully saturated rings. The standard InChI is InChI=1S/C15H18N2O3/c18-13-7-5-10(16-13)2-3-11-4-6-12(14(19)17-11)15(20)8-1-9-15/h2-4,6,10,20H,1,5,7-9H2,(H,16,18)(H,17,19)/b3-2+/t10-/m0/s1. The van der Waals surface area contributed by atoms with Crippen LogP contribution in [0.1, 0.15) is 43.4 Å². The Morgan fingerprint density at radius 2 is 2.10 bits per heavy atom. The fraction of sp³-hybridized carbons (Fsp3) is 0.467. The normalized spacial score (nSPS) is 24.6. The molecule has 0 radical (unpaired) electrons. The number of pyridine rings is 1. The van der Waals surface area contributed by atoms with Crippen LogP contribution in [0.25, 0.3) is 6.08 Å². The molecule has 3 rings (SSSR count). The minimum absolute atomic E-state index is 0.0431. The molecule has 1 atom stereocenters. The van der Waals surface area contributed by atoms with Crippen LogP contribution in [0.15, 0.2) is 23.0 Å². The molecular weight excluding hydrogens is 256 g/mol. The number of nitrogens with one attached hydrogen (secondary N) is 2. The van der Waals surface area contributed by atoms with Gasteiger partial charge in [-0.15, -0.1) is 0 Å². The maximum Gasteiger partial charge on any atom is 0.254 e. The molecule has 1 saturated carbocycles. The largest absolute Gasteiger partial charge is 0.385 e. The lowest BCUT2D eigenvalue weighted by molar-refractivity contribution is -0.119. The van der Waals surface area contributed by atoms with Gasteiger partial charge < -0.3 is 15.4 Å². The van der Waals surface area contributed by atoms with Crippen LogP contribution < -0.4 is 10.9 Å². The van der Waals surface area contributed by atoms with Crippen molar-refractivity contribution in [3.05, 3.63) is 39.8 Å². The van der Waals surface area contributed by atoms with E-state index in [-0.39, 0.29) is 17.5 Å². The summed E-state index contributed by atoms with van der Waals surface area (Å²) in [7, 11) is 0. The van der Waals surface area contributed by atoms with E-state index in [1.54, 1.807) is 18.2 Å². The minimum atomic E-state index is -0.935. The molecule has 1 aliphatic carbocycles. The molecule has 0 bridgehead atoms. The van der Waals surface area contributed by atoms with Crippen molar-refractivity contribution in [2.45, 2.75) is 43.7 Å². The number of aromatic amines is 1. The molecule has 1 aromatic rings. The zero-order chi connectivity index (χ0) is 14.2. The van der Waals surface area contributed by atoms with Crippen LogP contribution in [-0.2, 0) is 10.4 Å². The van der Waals surface area contributed by atoms with E-state index in [9.17, 15) is 14.7 Å². The lowest BCUT2D eigenvalue weighted by Gasteiger charge is -2.36. The van der Waals surface area contributed by atoms with Crippen LogP contribution in [0, 0.1) is 0 Å². The molecule has 0 spiro atoms. The van der Waals surface area contributed by atoms with Crippen LogP contribution in [0.3, 0.4) is 0 Å². The zero-order valence-electron chi connectivity index (χ0n) is 11.2. The quantitative estimate of drug-likeness (QED) is 0.770. The van der Waals surface area contributed by atoms with E-state index in [1.807, 2.05) is 6.08 Å². The van der Waals surface area contributed by atoms with Crippen LogP contribution in [0.5, 0.6) is 0 Å². The van der Waals surface area contributed by atoms with E-state index >= 15 is 0 Å². The smallest absolute Gasteiger partial charge is 0.254 e. The van der Waals surface area contributed by atoms with E-state index in [4.69, 9.17) is 0 Å². The first-order valence-corrected chi connectivity index (χ1v) is 7.01. The summed E-state index contributed by atoms with van der Waals surface area (Å²) in [6.45, 7) is 0. The lowest BCUT2D eigenvalue weighted by atomic mass is 9.75. The monoisotopic (exact) mass is 274 g/mol. The molecule has 106 valence electrons. The van der Waals surface area contributed by atoms with Gasteiger partial charge in [0.1, 0.15) is 0 Å². The summed E-state index contributed by atoms with van der Waals surface area (Å²) in [5, 5.41) is 13.0. The van der Waals surface area contributed by atoms with Crippen molar-refractivity contribution in [2.24, 2.45) is 0 Å². The molecule has 1 aromatic heterocycles. The molecule has 3 N–H and O–H groups in total. The predicted octanol–water partition coefficient (Wildman–Crippen LogP) is 1.04. The second-order valence-electron chi connectivity index (χ2n) is 5.61. The molecule has 0 aromatic carbocycles. The first-order valence-electron chi connectivity index (χ1n) is 7.01. The van der Waals surface area contributed by atoms with Gasteiger partial charge in [-0.1, -0.05) is 6.08 Å². The van der Waals surface area contributed by atoms with Crippen molar-refractivity contribution in [1.82, 2.24) is 10.3 Å². The van der Waals surface area contributed by atoms with Gasteiger partial charge in [0.05, 0.1) is 5.60 Å². The second-order valence-corrected chi connectivity index (χ2v) is 5.61. The van der Waals surface area contributed by atoms with Crippen molar-refractivity contribution in [3.63, 3.8) is 0 Å². The van der Waals surface area contributed by atoms with Gasteiger partial charge in [-0.2, -0.15) is 0 Å². The van der Waals surface area contributed by atoms with Crippen LogP contribution in [0.4, 0.5) is 0 Å². The molecule has 5 nitrogen and oxygen atoms in total. The summed E-state index contributed by atoms with van der Waals surface area (Å²) in [6.07, 6.45) is 7.28. The Labute approximate surface area is 116 Å². The number of amides is 1. The Kier molecular flexibility index (Phi) is 3.22. The Balaban J connectivity index is 1.75. The van der Waals surface area contributed by atoms with Crippen molar-refractivity contribution < 1.29 is 9.90 Å². The molecule has 2 heterocycles. The number of aliphatic hydroxyl groups is 1. The highest BCUT2D eigenvalue weighted by atomic mass is 16.3. The molecule has 2 aliphatic rings. The second kappa shape index (κ2) is 4.90. The summed E-state index contributed by atoms with van der Waals surface area (Å²) in [6, 6.07) is 3.53. The van der Waals surface area contributed by atoms with Crippen molar-refractivity contribution in [1.29, 1.82) is 0 Å². The number of carbonyl (C=O) groups excluding carboxylic acids is 1. The van der Waals surface area contributed by atoms with E-state index in [0.717, 1.165) is 12.8 Å². The summed E-state index contributed by atoms with van der Waals surface area (Å²) in [5.74, 6) is 0.0655. The first-order chi connectivity index (χ1) is 9.57. The van der Waals surface area contributed by atoms with Gasteiger partial charge in [0, 0.05) is 23.7 Å². The molecular formula is C15H18N2O3. The number of hydrogen-bond acceptors (Lipinski definition) is 3. The molecule has 5 heteroatoms. The number of hydrogen-bond donors (Lipinski definition) is 3. The van der Waals surface area contributed by atoms with Gasteiger partial charge in [-0.3, -0.25) is 9.59 Å². The third-order valence-corrected chi connectivity index (χ3v) is 4.15.